The molecule has 0 saturated carbocycles. The second-order valence-electron chi connectivity index (χ2n) is 5.70. The molecule has 0 fully saturated rings. The zero-order valence-electron chi connectivity index (χ0n) is 12.8. The van der Waals surface area contributed by atoms with Crippen molar-refractivity contribution in [1.82, 2.24) is 5.06 Å². The lowest BCUT2D eigenvalue weighted by Crippen LogP contribution is -2.55. The molecule has 0 aromatic carbocycles. The number of rotatable bonds is 5. The molecule has 0 aromatic heterocycles. The molecule has 2 aliphatic heterocycles. The van der Waals surface area contributed by atoms with Gasteiger partial charge >= 0.3 is 0 Å². The molecule has 0 aromatic rings. The van der Waals surface area contributed by atoms with Crippen molar-refractivity contribution in [2.45, 2.75) is 57.3 Å². The molecule has 6 heteroatoms. The number of amides is 1. The maximum absolute atomic E-state index is 12.2. The molecule has 1 amide bonds. The topological polar surface area (TPSA) is 79.2 Å². The van der Waals surface area contributed by atoms with Crippen LogP contribution in [0.5, 0.6) is 0 Å². The van der Waals surface area contributed by atoms with Gasteiger partial charge in [-0.15, -0.1) is 0 Å². The molecule has 118 valence electrons. The van der Waals surface area contributed by atoms with E-state index in [4.69, 9.17) is 9.57 Å². The molecule has 21 heavy (non-hydrogen) atoms. The average molecular weight is 297 g/mol. The molecule has 0 radical (unpaired) electrons. The van der Waals surface area contributed by atoms with E-state index in [2.05, 4.69) is 13.5 Å². The van der Waals surface area contributed by atoms with E-state index in [9.17, 15) is 15.0 Å². The van der Waals surface area contributed by atoms with Crippen molar-refractivity contribution in [3.63, 3.8) is 0 Å². The molecule has 3 atom stereocenters. The third-order valence-electron chi connectivity index (χ3n) is 4.16. The summed E-state index contributed by atoms with van der Waals surface area (Å²) in [7, 11) is 1.34. The van der Waals surface area contributed by atoms with Gasteiger partial charge in [0, 0.05) is 0 Å². The van der Waals surface area contributed by atoms with Gasteiger partial charge < -0.3 is 14.9 Å². The molecule has 0 aliphatic carbocycles. The quantitative estimate of drug-likeness (QED) is 0.747. The van der Waals surface area contributed by atoms with Crippen molar-refractivity contribution >= 4 is 5.91 Å². The van der Waals surface area contributed by atoms with Crippen LogP contribution in [-0.2, 0) is 14.4 Å². The number of ether oxygens (including phenoxy) is 1. The van der Waals surface area contributed by atoms with Crippen LogP contribution in [0, 0.1) is 0 Å². The van der Waals surface area contributed by atoms with Gasteiger partial charge in [0.1, 0.15) is 23.5 Å². The molecule has 0 spiro atoms. The zero-order chi connectivity index (χ0) is 15.8. The van der Waals surface area contributed by atoms with Gasteiger partial charge in [0.05, 0.1) is 12.7 Å². The van der Waals surface area contributed by atoms with Crippen LogP contribution in [0.25, 0.3) is 0 Å². The number of aliphatic hydroxyl groups excluding tert-OH is 1. The van der Waals surface area contributed by atoms with E-state index in [1.807, 2.05) is 0 Å². The maximum Gasteiger partial charge on any atom is 0.284 e. The Hall–Kier alpha value is -1.37. The fourth-order valence-corrected chi connectivity index (χ4v) is 2.80. The van der Waals surface area contributed by atoms with Crippen LogP contribution < -0.4 is 0 Å². The third kappa shape index (κ3) is 2.47. The predicted molar refractivity (Wildman–Crippen MR) is 75.7 cm³/mol. The summed E-state index contributed by atoms with van der Waals surface area (Å²) in [5.41, 5.74) is -1.25. The summed E-state index contributed by atoms with van der Waals surface area (Å²) >= 11 is 0. The van der Waals surface area contributed by atoms with E-state index in [1.165, 1.54) is 14.0 Å². The SMILES string of the molecule is C=C1C2=C(C(=O)N1OC)[C@@H](O)[C@](C)(O)[C@@H](CCCCC)O2. The summed E-state index contributed by atoms with van der Waals surface area (Å²) in [4.78, 5) is 17.1. The van der Waals surface area contributed by atoms with E-state index in [-0.39, 0.29) is 17.0 Å². The molecular formula is C15H23NO5. The highest BCUT2D eigenvalue weighted by Gasteiger charge is 2.54. The minimum atomic E-state index is -1.52. The summed E-state index contributed by atoms with van der Waals surface area (Å²) in [6, 6.07) is 0. The molecule has 2 heterocycles. The van der Waals surface area contributed by atoms with Crippen LogP contribution in [0.15, 0.2) is 23.6 Å². The minimum absolute atomic E-state index is 0.0126. The number of hydrogen-bond acceptors (Lipinski definition) is 5. The molecule has 2 N–H and O–H groups in total. The molecule has 6 nitrogen and oxygen atoms in total. The first-order valence-corrected chi connectivity index (χ1v) is 7.25. The first-order valence-electron chi connectivity index (χ1n) is 7.25. The molecule has 0 saturated heterocycles. The Morgan fingerprint density at radius 3 is 2.71 bits per heavy atom. The number of nitrogens with zero attached hydrogens (tertiary/aromatic N) is 1. The van der Waals surface area contributed by atoms with E-state index in [0.29, 0.717) is 6.42 Å². The van der Waals surface area contributed by atoms with E-state index in [0.717, 1.165) is 24.3 Å². The van der Waals surface area contributed by atoms with Crippen LogP contribution in [0.2, 0.25) is 0 Å². The average Bonchev–Trinajstić information content (AvgIpc) is 2.67. The van der Waals surface area contributed by atoms with Gasteiger partial charge in [-0.2, -0.15) is 5.06 Å². The lowest BCUT2D eigenvalue weighted by molar-refractivity contribution is -0.162. The van der Waals surface area contributed by atoms with Gasteiger partial charge in [-0.1, -0.05) is 26.3 Å². The van der Waals surface area contributed by atoms with Crippen molar-refractivity contribution in [2.75, 3.05) is 7.11 Å². The van der Waals surface area contributed by atoms with Gasteiger partial charge in [0.25, 0.3) is 5.91 Å². The van der Waals surface area contributed by atoms with Gasteiger partial charge in [-0.3, -0.25) is 9.63 Å². The molecule has 0 bridgehead atoms. The van der Waals surface area contributed by atoms with Crippen LogP contribution in [0.1, 0.15) is 39.5 Å². The number of carbonyl (C=O) groups excluding carboxylic acids is 1. The Balaban J connectivity index is 2.28. The van der Waals surface area contributed by atoms with E-state index in [1.54, 1.807) is 0 Å². The molecule has 0 unspecified atom stereocenters. The second-order valence-corrected chi connectivity index (χ2v) is 5.70. The lowest BCUT2D eigenvalue weighted by Gasteiger charge is -2.40. The number of aliphatic hydroxyl groups is 2. The normalized spacial score (nSPS) is 32.5. The predicted octanol–water partition coefficient (Wildman–Crippen LogP) is 1.25. The van der Waals surface area contributed by atoms with Crippen LogP contribution in [-0.4, -0.2) is 46.1 Å². The van der Waals surface area contributed by atoms with Crippen LogP contribution in [0.3, 0.4) is 0 Å². The van der Waals surface area contributed by atoms with Gasteiger partial charge in [-0.25, -0.2) is 0 Å². The number of unbranched alkanes of at least 4 members (excludes halogenated alkanes) is 2. The smallest absolute Gasteiger partial charge is 0.284 e. The van der Waals surface area contributed by atoms with Crippen molar-refractivity contribution in [1.29, 1.82) is 0 Å². The standard InChI is InChI=1S/C15H23NO5/c1-5-6-7-8-10-15(3,19)13(17)11-12(21-10)9(2)16(20-4)14(11)18/h10,13,17,19H,2,5-8H2,1,3-4H3/t10-,13-,15-/m1/s1. The van der Waals surface area contributed by atoms with E-state index < -0.39 is 23.7 Å². The highest BCUT2D eigenvalue weighted by Crippen LogP contribution is 2.42. The van der Waals surface area contributed by atoms with Crippen molar-refractivity contribution in [3.8, 4) is 0 Å². The Morgan fingerprint density at radius 2 is 2.14 bits per heavy atom. The van der Waals surface area contributed by atoms with Crippen molar-refractivity contribution in [2.24, 2.45) is 0 Å². The zero-order valence-corrected chi connectivity index (χ0v) is 12.8. The summed E-state index contributed by atoms with van der Waals surface area (Å²) in [6.07, 6.45) is 1.64. The van der Waals surface area contributed by atoms with Gasteiger partial charge in [-0.05, 0) is 19.8 Å². The fourth-order valence-electron chi connectivity index (χ4n) is 2.80. The third-order valence-corrected chi connectivity index (χ3v) is 4.16. The Labute approximate surface area is 124 Å². The maximum atomic E-state index is 12.2. The van der Waals surface area contributed by atoms with Crippen molar-refractivity contribution < 1.29 is 24.6 Å². The first-order chi connectivity index (χ1) is 9.86. The van der Waals surface area contributed by atoms with Crippen LogP contribution >= 0.6 is 0 Å². The Bertz CT molecular complexity index is 482. The molecule has 2 rings (SSSR count). The van der Waals surface area contributed by atoms with E-state index >= 15 is 0 Å². The summed E-state index contributed by atoms with van der Waals surface area (Å²) in [5, 5.41) is 21.9. The van der Waals surface area contributed by atoms with Gasteiger partial charge in [0.15, 0.2) is 5.76 Å². The minimum Gasteiger partial charge on any atom is -0.484 e. The second kappa shape index (κ2) is 5.79. The highest BCUT2D eigenvalue weighted by molar-refractivity contribution is 6.00. The monoisotopic (exact) mass is 297 g/mol. The molecule has 2 aliphatic rings. The summed E-state index contributed by atoms with van der Waals surface area (Å²) < 4.78 is 5.78. The Kier molecular flexibility index (Phi) is 4.41. The number of hydrogen-bond donors (Lipinski definition) is 2. The summed E-state index contributed by atoms with van der Waals surface area (Å²) in [5.74, 6) is -0.320. The first kappa shape index (κ1) is 16.0. The van der Waals surface area contributed by atoms with Gasteiger partial charge in [0.2, 0.25) is 0 Å². The van der Waals surface area contributed by atoms with Crippen LogP contribution in [0.4, 0.5) is 0 Å². The summed E-state index contributed by atoms with van der Waals surface area (Å²) in [6.45, 7) is 7.34. The fraction of sp³-hybridized carbons (Fsp3) is 0.667. The highest BCUT2D eigenvalue weighted by atomic mass is 16.7. The number of carbonyl (C=O) groups is 1. The van der Waals surface area contributed by atoms with Crippen molar-refractivity contribution in [3.05, 3.63) is 23.6 Å². The lowest BCUT2D eigenvalue weighted by atomic mass is 9.82. The largest absolute Gasteiger partial charge is 0.484 e. The molecular weight excluding hydrogens is 274 g/mol. The Morgan fingerprint density at radius 1 is 1.48 bits per heavy atom. The number of hydroxylamine groups is 2.